The zero-order valence-corrected chi connectivity index (χ0v) is 15.2. The van der Waals surface area contributed by atoms with Crippen molar-refractivity contribution in [3.8, 4) is 0 Å². The predicted molar refractivity (Wildman–Crippen MR) is 107 cm³/mol. The highest BCUT2D eigenvalue weighted by molar-refractivity contribution is 5.74. The van der Waals surface area contributed by atoms with Gasteiger partial charge >= 0.3 is 0 Å². The summed E-state index contributed by atoms with van der Waals surface area (Å²) in [6.45, 7) is 0. The molecule has 0 radical (unpaired) electrons. The lowest BCUT2D eigenvalue weighted by molar-refractivity contribution is 0.565. The summed E-state index contributed by atoms with van der Waals surface area (Å²) in [7, 11) is 0. The van der Waals surface area contributed by atoms with Crippen LogP contribution < -0.4 is 0 Å². The lowest BCUT2D eigenvalue weighted by atomic mass is 10.0. The summed E-state index contributed by atoms with van der Waals surface area (Å²) in [5.74, 6) is 1.14. The van der Waals surface area contributed by atoms with Crippen molar-refractivity contribution in [2.45, 2.75) is 64.2 Å². The standard InChI is InChI=1S/C23H30N2/c1(3-5-8-14-20-15-9-7-10-16-20)2-4-6-11-19-23-24-21-17-12-13-18-22(21)25-23/h7,9-10,12-13,15-18H,1-6,8,11,14,19H2,(H,24,25). The molecule has 3 aromatic rings. The number of aromatic nitrogens is 2. The molecular formula is C23H30N2. The van der Waals surface area contributed by atoms with E-state index < -0.39 is 0 Å². The van der Waals surface area contributed by atoms with Gasteiger partial charge in [-0.2, -0.15) is 0 Å². The summed E-state index contributed by atoms with van der Waals surface area (Å²) in [4.78, 5) is 8.07. The molecule has 25 heavy (non-hydrogen) atoms. The van der Waals surface area contributed by atoms with Crippen LogP contribution in [0.4, 0.5) is 0 Å². The number of H-pyrrole nitrogens is 1. The second-order valence-corrected chi connectivity index (χ2v) is 7.01. The Morgan fingerprint density at radius 2 is 1.20 bits per heavy atom. The van der Waals surface area contributed by atoms with E-state index in [2.05, 4.69) is 58.5 Å². The second-order valence-electron chi connectivity index (χ2n) is 7.01. The van der Waals surface area contributed by atoms with Crippen molar-refractivity contribution in [2.75, 3.05) is 0 Å². The Morgan fingerprint density at radius 1 is 0.600 bits per heavy atom. The van der Waals surface area contributed by atoms with E-state index in [4.69, 9.17) is 0 Å². The van der Waals surface area contributed by atoms with Crippen LogP contribution in [0.15, 0.2) is 54.6 Å². The van der Waals surface area contributed by atoms with Crippen molar-refractivity contribution < 1.29 is 0 Å². The first-order valence-electron chi connectivity index (χ1n) is 9.89. The third-order valence-electron chi connectivity index (χ3n) is 4.91. The van der Waals surface area contributed by atoms with E-state index in [0.717, 1.165) is 23.3 Å². The highest BCUT2D eigenvalue weighted by Gasteiger charge is 2.01. The first kappa shape index (κ1) is 17.7. The Kier molecular flexibility index (Phi) is 7.11. The Balaban J connectivity index is 1.18. The van der Waals surface area contributed by atoms with Gasteiger partial charge in [0, 0.05) is 6.42 Å². The molecule has 3 rings (SSSR count). The van der Waals surface area contributed by atoms with Crippen LogP contribution >= 0.6 is 0 Å². The minimum absolute atomic E-state index is 1.08. The average Bonchev–Trinajstić information content (AvgIpc) is 3.07. The van der Waals surface area contributed by atoms with Gasteiger partial charge in [-0.05, 0) is 37.0 Å². The molecule has 0 aliphatic heterocycles. The van der Waals surface area contributed by atoms with Crippen LogP contribution in [0.1, 0.15) is 62.8 Å². The van der Waals surface area contributed by atoms with Gasteiger partial charge in [0.25, 0.3) is 0 Å². The maximum Gasteiger partial charge on any atom is 0.107 e. The molecule has 1 N–H and O–H groups in total. The minimum Gasteiger partial charge on any atom is -0.342 e. The van der Waals surface area contributed by atoms with Gasteiger partial charge in [0.05, 0.1) is 11.0 Å². The van der Waals surface area contributed by atoms with E-state index in [1.54, 1.807) is 0 Å². The molecule has 2 aromatic carbocycles. The number of rotatable bonds is 11. The lowest BCUT2D eigenvalue weighted by Crippen LogP contribution is -1.89. The van der Waals surface area contributed by atoms with Gasteiger partial charge in [0.1, 0.15) is 5.82 Å². The molecule has 132 valence electrons. The van der Waals surface area contributed by atoms with Crippen molar-refractivity contribution in [1.29, 1.82) is 0 Å². The first-order valence-corrected chi connectivity index (χ1v) is 9.89. The zero-order chi connectivity index (χ0) is 17.2. The Labute approximate surface area is 151 Å². The number of imidazole rings is 1. The maximum atomic E-state index is 4.65. The van der Waals surface area contributed by atoms with Crippen LogP contribution in [0.5, 0.6) is 0 Å². The molecule has 2 nitrogen and oxygen atoms in total. The normalized spacial score (nSPS) is 11.2. The summed E-state index contributed by atoms with van der Waals surface area (Å²) in [5.41, 5.74) is 3.73. The molecular weight excluding hydrogens is 304 g/mol. The summed E-state index contributed by atoms with van der Waals surface area (Å²) in [5, 5.41) is 0. The molecule has 0 amide bonds. The zero-order valence-electron chi connectivity index (χ0n) is 15.2. The highest BCUT2D eigenvalue weighted by Crippen LogP contribution is 2.14. The maximum absolute atomic E-state index is 4.65. The summed E-state index contributed by atoms with van der Waals surface area (Å²) >= 11 is 0. The Bertz CT molecular complexity index is 697. The van der Waals surface area contributed by atoms with Crippen LogP contribution in [-0.4, -0.2) is 9.97 Å². The summed E-state index contributed by atoms with van der Waals surface area (Å²) < 4.78 is 0. The lowest BCUT2D eigenvalue weighted by Gasteiger charge is -2.03. The largest absolute Gasteiger partial charge is 0.342 e. The van der Waals surface area contributed by atoms with Gasteiger partial charge < -0.3 is 4.98 Å². The van der Waals surface area contributed by atoms with Gasteiger partial charge in [0.2, 0.25) is 0 Å². The van der Waals surface area contributed by atoms with E-state index in [9.17, 15) is 0 Å². The van der Waals surface area contributed by atoms with Gasteiger partial charge in [-0.3, -0.25) is 0 Å². The van der Waals surface area contributed by atoms with E-state index >= 15 is 0 Å². The number of fused-ring (bicyclic) bond motifs is 1. The molecule has 1 aromatic heterocycles. The van der Waals surface area contributed by atoms with Crippen molar-refractivity contribution in [3.63, 3.8) is 0 Å². The van der Waals surface area contributed by atoms with Crippen molar-refractivity contribution >= 4 is 11.0 Å². The quantitative estimate of drug-likeness (QED) is 0.400. The molecule has 0 saturated carbocycles. The first-order chi connectivity index (χ1) is 12.4. The molecule has 0 saturated heterocycles. The second kappa shape index (κ2) is 10.0. The van der Waals surface area contributed by atoms with Gasteiger partial charge in [-0.1, -0.05) is 81.0 Å². The van der Waals surface area contributed by atoms with E-state index in [0.29, 0.717) is 0 Å². The molecule has 0 aliphatic carbocycles. The molecule has 0 spiro atoms. The van der Waals surface area contributed by atoms with Gasteiger partial charge in [-0.15, -0.1) is 0 Å². The Morgan fingerprint density at radius 3 is 1.92 bits per heavy atom. The third kappa shape index (κ3) is 6.04. The van der Waals surface area contributed by atoms with Crippen molar-refractivity contribution in [2.24, 2.45) is 0 Å². The fourth-order valence-electron chi connectivity index (χ4n) is 3.45. The van der Waals surface area contributed by atoms with Crippen molar-refractivity contribution in [1.82, 2.24) is 9.97 Å². The summed E-state index contributed by atoms with van der Waals surface area (Å²) in [6, 6.07) is 19.1. The molecule has 0 fully saturated rings. The van der Waals surface area contributed by atoms with Crippen LogP contribution in [0.2, 0.25) is 0 Å². The highest BCUT2D eigenvalue weighted by atomic mass is 14.9. The smallest absolute Gasteiger partial charge is 0.107 e. The topological polar surface area (TPSA) is 28.7 Å². The summed E-state index contributed by atoms with van der Waals surface area (Å²) in [6.07, 6.45) is 13.1. The fraction of sp³-hybridized carbons (Fsp3) is 0.435. The number of unbranched alkanes of at least 4 members (excludes halogenated alkanes) is 7. The van der Waals surface area contributed by atoms with E-state index in [1.807, 2.05) is 6.07 Å². The van der Waals surface area contributed by atoms with E-state index in [-0.39, 0.29) is 0 Å². The number of hydrogen-bond donors (Lipinski definition) is 1. The SMILES string of the molecule is c1ccc(CCCCCCCCCCc2nc3ccccc3[nH]2)cc1. The molecule has 0 atom stereocenters. The number of aryl methyl sites for hydroxylation is 2. The van der Waals surface area contributed by atoms with Gasteiger partial charge in [0.15, 0.2) is 0 Å². The fourth-order valence-corrected chi connectivity index (χ4v) is 3.45. The third-order valence-corrected chi connectivity index (χ3v) is 4.91. The molecule has 2 heteroatoms. The van der Waals surface area contributed by atoms with Crippen molar-refractivity contribution in [3.05, 3.63) is 66.0 Å². The number of nitrogens with one attached hydrogen (secondary N) is 1. The predicted octanol–water partition coefficient (Wildman–Crippen LogP) is 6.47. The number of para-hydroxylation sites is 2. The molecule has 1 heterocycles. The van der Waals surface area contributed by atoms with Crippen LogP contribution in [0.3, 0.4) is 0 Å². The average molecular weight is 335 g/mol. The molecule has 0 unspecified atom stereocenters. The number of nitrogens with zero attached hydrogens (tertiary/aromatic N) is 1. The number of aromatic amines is 1. The number of benzene rings is 2. The molecule has 0 bridgehead atoms. The monoisotopic (exact) mass is 334 g/mol. The minimum atomic E-state index is 1.08. The van der Waals surface area contributed by atoms with Crippen LogP contribution in [0.25, 0.3) is 11.0 Å². The van der Waals surface area contributed by atoms with Gasteiger partial charge in [-0.25, -0.2) is 4.98 Å². The van der Waals surface area contributed by atoms with Crippen LogP contribution in [0, 0.1) is 0 Å². The van der Waals surface area contributed by atoms with Crippen LogP contribution in [-0.2, 0) is 12.8 Å². The Hall–Kier alpha value is -2.09. The van der Waals surface area contributed by atoms with E-state index in [1.165, 1.54) is 63.4 Å². The number of hydrogen-bond acceptors (Lipinski definition) is 1. The molecule has 0 aliphatic rings.